The number of rotatable bonds is 7. The summed E-state index contributed by atoms with van der Waals surface area (Å²) in [6, 6.07) is 15.9. The zero-order valence-electron chi connectivity index (χ0n) is 13.3. The Hall–Kier alpha value is -1.74. The molecule has 0 atom stereocenters. The number of hydrogen-bond donors (Lipinski definition) is 1. The zero-order chi connectivity index (χ0) is 15.8. The van der Waals surface area contributed by atoms with E-state index in [1.807, 2.05) is 36.4 Å². The van der Waals surface area contributed by atoms with Gasteiger partial charge >= 0.3 is 0 Å². The molecule has 0 aliphatic carbocycles. The minimum absolute atomic E-state index is 0.0583. The van der Waals surface area contributed by atoms with Crippen LogP contribution < -0.4 is 5.32 Å². The highest BCUT2D eigenvalue weighted by Gasteiger charge is 2.06. The normalized spacial score (nSPS) is 10.5. The first-order valence-electron chi connectivity index (χ1n) is 7.71. The molecule has 0 fully saturated rings. The Labute approximate surface area is 137 Å². The molecule has 0 saturated heterocycles. The number of hydrogen-bond acceptors (Lipinski definition) is 2. The van der Waals surface area contributed by atoms with Gasteiger partial charge in [0.25, 0.3) is 5.91 Å². The fourth-order valence-electron chi connectivity index (χ4n) is 2.26. The van der Waals surface area contributed by atoms with E-state index < -0.39 is 0 Å². The second-order valence-electron chi connectivity index (χ2n) is 5.38. The topological polar surface area (TPSA) is 29.1 Å². The second kappa shape index (κ2) is 8.64. The van der Waals surface area contributed by atoms with Crippen LogP contribution in [0.5, 0.6) is 0 Å². The van der Waals surface area contributed by atoms with Crippen molar-refractivity contribution in [1.82, 2.24) is 0 Å². The fraction of sp³-hybridized carbons (Fsp3) is 0.316. The van der Waals surface area contributed by atoms with Crippen molar-refractivity contribution in [3.05, 3.63) is 65.2 Å². The zero-order valence-corrected chi connectivity index (χ0v) is 14.1. The van der Waals surface area contributed by atoms with Gasteiger partial charge in [0.1, 0.15) is 0 Å². The highest BCUT2D eigenvalue weighted by Crippen LogP contribution is 2.15. The first-order valence-corrected chi connectivity index (χ1v) is 9.10. The van der Waals surface area contributed by atoms with Crippen molar-refractivity contribution in [2.45, 2.75) is 31.9 Å². The number of aryl methyl sites for hydroxylation is 1. The van der Waals surface area contributed by atoms with Crippen molar-refractivity contribution in [2.24, 2.45) is 0 Å². The number of amides is 1. The van der Waals surface area contributed by atoms with Gasteiger partial charge < -0.3 is 5.32 Å². The van der Waals surface area contributed by atoms with Crippen molar-refractivity contribution in [3.63, 3.8) is 0 Å². The highest BCUT2D eigenvalue weighted by molar-refractivity contribution is 7.97. The van der Waals surface area contributed by atoms with Gasteiger partial charge in [0, 0.05) is 17.0 Å². The molecule has 2 rings (SSSR count). The molecule has 0 unspecified atom stereocenters. The van der Waals surface area contributed by atoms with Gasteiger partial charge in [0.05, 0.1) is 0 Å². The van der Waals surface area contributed by atoms with Gasteiger partial charge in [-0.3, -0.25) is 4.79 Å². The predicted octanol–water partition coefficient (Wildman–Crippen LogP) is 5.14. The lowest BCUT2D eigenvalue weighted by atomic mass is 10.1. The first kappa shape index (κ1) is 16.6. The molecule has 0 radical (unpaired) electrons. The Morgan fingerprint density at radius 2 is 1.64 bits per heavy atom. The van der Waals surface area contributed by atoms with Crippen LogP contribution in [0.3, 0.4) is 0 Å². The Balaban J connectivity index is 1.96. The Morgan fingerprint density at radius 3 is 2.23 bits per heavy atom. The lowest BCUT2D eigenvalue weighted by molar-refractivity contribution is 0.102. The minimum Gasteiger partial charge on any atom is -0.322 e. The number of unbranched alkanes of at least 4 members (excludes halogenated alkanes) is 1. The van der Waals surface area contributed by atoms with Gasteiger partial charge in [0.15, 0.2) is 0 Å². The van der Waals surface area contributed by atoms with Gasteiger partial charge in [-0.25, -0.2) is 0 Å². The third-order valence-corrected chi connectivity index (χ3v) is 4.18. The van der Waals surface area contributed by atoms with Crippen LogP contribution in [0.2, 0.25) is 0 Å². The molecule has 3 heteroatoms. The average Bonchev–Trinajstić information content (AvgIpc) is 2.55. The summed E-state index contributed by atoms with van der Waals surface area (Å²) in [5.41, 5.74) is 4.10. The summed E-state index contributed by atoms with van der Waals surface area (Å²) in [5, 5.41) is 2.95. The molecule has 0 saturated carbocycles. The Kier molecular flexibility index (Phi) is 6.53. The van der Waals surface area contributed by atoms with E-state index in [0.717, 1.165) is 17.9 Å². The number of benzene rings is 2. The molecule has 2 nitrogen and oxygen atoms in total. The quantitative estimate of drug-likeness (QED) is 0.766. The molecule has 0 aromatic heterocycles. The number of carbonyl (C=O) groups is 1. The van der Waals surface area contributed by atoms with Crippen LogP contribution in [0.1, 0.15) is 41.3 Å². The molecule has 0 aliphatic rings. The van der Waals surface area contributed by atoms with Gasteiger partial charge in [-0.2, -0.15) is 11.8 Å². The van der Waals surface area contributed by atoms with E-state index in [4.69, 9.17) is 0 Å². The van der Waals surface area contributed by atoms with Crippen LogP contribution in [0, 0.1) is 0 Å². The van der Waals surface area contributed by atoms with Crippen molar-refractivity contribution in [1.29, 1.82) is 0 Å². The summed E-state index contributed by atoms with van der Waals surface area (Å²) in [5.74, 6) is 0.915. The van der Waals surface area contributed by atoms with Crippen molar-refractivity contribution < 1.29 is 4.79 Å². The molecular weight excluding hydrogens is 290 g/mol. The minimum atomic E-state index is -0.0583. The standard InChI is InChI=1S/C19H23NOS/c1-3-4-5-15-8-12-18(13-9-15)20-19(21)17-10-6-16(7-11-17)14-22-2/h6-13H,3-5,14H2,1-2H3,(H,20,21). The first-order chi connectivity index (χ1) is 10.7. The van der Waals surface area contributed by atoms with Gasteiger partial charge in [-0.1, -0.05) is 37.6 Å². The summed E-state index contributed by atoms with van der Waals surface area (Å²) in [7, 11) is 0. The van der Waals surface area contributed by atoms with Crippen LogP contribution in [-0.4, -0.2) is 12.2 Å². The van der Waals surface area contributed by atoms with E-state index in [0.29, 0.717) is 5.56 Å². The lowest BCUT2D eigenvalue weighted by Crippen LogP contribution is -2.11. The molecule has 0 heterocycles. The van der Waals surface area contributed by atoms with Crippen molar-refractivity contribution in [3.8, 4) is 0 Å². The smallest absolute Gasteiger partial charge is 0.255 e. The van der Waals surface area contributed by atoms with Gasteiger partial charge in [-0.05, 0) is 54.5 Å². The van der Waals surface area contributed by atoms with Crippen LogP contribution in [0.15, 0.2) is 48.5 Å². The van der Waals surface area contributed by atoms with Crippen LogP contribution >= 0.6 is 11.8 Å². The number of carbonyl (C=O) groups excluding carboxylic acids is 1. The lowest BCUT2D eigenvalue weighted by Gasteiger charge is -2.07. The SMILES string of the molecule is CCCCc1ccc(NC(=O)c2ccc(CSC)cc2)cc1. The maximum atomic E-state index is 12.2. The maximum Gasteiger partial charge on any atom is 0.255 e. The molecule has 1 amide bonds. The molecule has 116 valence electrons. The largest absolute Gasteiger partial charge is 0.322 e. The maximum absolute atomic E-state index is 12.2. The van der Waals surface area contributed by atoms with Gasteiger partial charge in [0.2, 0.25) is 0 Å². The van der Waals surface area contributed by atoms with E-state index in [2.05, 4.69) is 30.6 Å². The molecule has 0 bridgehead atoms. The van der Waals surface area contributed by atoms with E-state index in [9.17, 15) is 4.79 Å². The molecule has 22 heavy (non-hydrogen) atoms. The fourth-order valence-corrected chi connectivity index (χ4v) is 2.78. The Morgan fingerprint density at radius 1 is 1.00 bits per heavy atom. The molecule has 1 N–H and O–H groups in total. The monoisotopic (exact) mass is 313 g/mol. The van der Waals surface area contributed by atoms with E-state index in [1.165, 1.54) is 24.0 Å². The molecular formula is C19H23NOS. The summed E-state index contributed by atoms with van der Waals surface area (Å²) < 4.78 is 0. The highest BCUT2D eigenvalue weighted by atomic mass is 32.2. The molecule has 2 aromatic rings. The second-order valence-corrected chi connectivity index (χ2v) is 6.25. The average molecular weight is 313 g/mol. The third kappa shape index (κ3) is 4.92. The van der Waals surface area contributed by atoms with E-state index in [1.54, 1.807) is 11.8 Å². The van der Waals surface area contributed by atoms with Crippen molar-refractivity contribution >= 4 is 23.4 Å². The third-order valence-electron chi connectivity index (χ3n) is 3.56. The van der Waals surface area contributed by atoms with E-state index in [-0.39, 0.29) is 5.91 Å². The van der Waals surface area contributed by atoms with Crippen LogP contribution in [0.25, 0.3) is 0 Å². The summed E-state index contributed by atoms with van der Waals surface area (Å²) in [4.78, 5) is 12.2. The van der Waals surface area contributed by atoms with E-state index >= 15 is 0 Å². The summed E-state index contributed by atoms with van der Waals surface area (Å²) in [6.07, 6.45) is 5.57. The summed E-state index contributed by atoms with van der Waals surface area (Å²) >= 11 is 1.78. The number of anilines is 1. The van der Waals surface area contributed by atoms with Gasteiger partial charge in [-0.15, -0.1) is 0 Å². The summed E-state index contributed by atoms with van der Waals surface area (Å²) in [6.45, 7) is 2.19. The number of nitrogens with one attached hydrogen (secondary N) is 1. The van der Waals surface area contributed by atoms with Crippen LogP contribution in [-0.2, 0) is 12.2 Å². The molecule has 0 spiro atoms. The van der Waals surface area contributed by atoms with Crippen LogP contribution in [0.4, 0.5) is 5.69 Å². The van der Waals surface area contributed by atoms with Crippen molar-refractivity contribution in [2.75, 3.05) is 11.6 Å². The predicted molar refractivity (Wildman–Crippen MR) is 96.7 cm³/mol. The molecule has 0 aliphatic heterocycles. The Bertz CT molecular complexity index is 590. The molecule has 2 aromatic carbocycles. The number of thioether (sulfide) groups is 1.